The smallest absolute Gasteiger partial charge is 0.261 e. The Morgan fingerprint density at radius 1 is 1.14 bits per heavy atom. The minimum Gasteiger partial charge on any atom is -0.384 e. The Balaban J connectivity index is 1.97. The van der Waals surface area contributed by atoms with E-state index in [0.717, 1.165) is 25.1 Å². The molecular weight excluding hydrogens is 288 g/mol. The van der Waals surface area contributed by atoms with E-state index in [2.05, 4.69) is 5.32 Å². The monoisotopic (exact) mass is 304 g/mol. The first-order valence-electron chi connectivity index (χ1n) is 7.27. The van der Waals surface area contributed by atoms with Gasteiger partial charge in [0, 0.05) is 17.7 Å². The zero-order chi connectivity index (χ0) is 15.0. The first kappa shape index (κ1) is 14.1. The molecule has 1 aliphatic carbocycles. The van der Waals surface area contributed by atoms with E-state index >= 15 is 0 Å². The van der Waals surface area contributed by atoms with Crippen LogP contribution >= 0.6 is 11.6 Å². The maximum Gasteiger partial charge on any atom is 0.261 e. The maximum atomic E-state index is 12.5. The third-order valence-electron chi connectivity index (χ3n) is 3.97. The molecule has 1 aliphatic heterocycles. The van der Waals surface area contributed by atoms with Gasteiger partial charge in [-0.2, -0.15) is 0 Å². The van der Waals surface area contributed by atoms with Crippen molar-refractivity contribution < 1.29 is 9.59 Å². The van der Waals surface area contributed by atoms with E-state index < -0.39 is 0 Å². The van der Waals surface area contributed by atoms with E-state index in [9.17, 15) is 9.59 Å². The number of imide groups is 1. The second kappa shape index (κ2) is 5.53. The molecule has 1 aromatic carbocycles. The zero-order valence-electron chi connectivity index (χ0n) is 11.9. The van der Waals surface area contributed by atoms with Crippen molar-refractivity contribution in [1.29, 1.82) is 0 Å². The van der Waals surface area contributed by atoms with Crippen LogP contribution in [0.5, 0.6) is 0 Å². The number of benzene rings is 1. The van der Waals surface area contributed by atoms with Gasteiger partial charge in [-0.25, -0.2) is 4.90 Å². The Morgan fingerprint density at radius 2 is 1.76 bits per heavy atom. The number of carbonyl (C=O) groups is 2. The Bertz CT molecular complexity index is 624. The van der Waals surface area contributed by atoms with Gasteiger partial charge >= 0.3 is 0 Å². The summed E-state index contributed by atoms with van der Waals surface area (Å²) in [7, 11) is 0. The zero-order valence-corrected chi connectivity index (χ0v) is 12.7. The summed E-state index contributed by atoms with van der Waals surface area (Å²) in [6, 6.07) is 5.20. The van der Waals surface area contributed by atoms with Crippen LogP contribution in [-0.4, -0.2) is 18.4 Å². The molecule has 0 bridgehead atoms. The summed E-state index contributed by atoms with van der Waals surface area (Å²) in [6.45, 7) is 2.69. The quantitative estimate of drug-likeness (QED) is 0.869. The fraction of sp³-hybridized carbons (Fsp3) is 0.375. The molecule has 1 heterocycles. The molecule has 0 fully saturated rings. The lowest BCUT2D eigenvalue weighted by Gasteiger charge is -2.17. The summed E-state index contributed by atoms with van der Waals surface area (Å²) in [4.78, 5) is 26.3. The van der Waals surface area contributed by atoms with Gasteiger partial charge in [0.1, 0.15) is 0 Å². The number of nitrogens with one attached hydrogen (secondary N) is 1. The van der Waals surface area contributed by atoms with Crippen LogP contribution in [0.15, 0.2) is 29.3 Å². The minimum atomic E-state index is -0.167. The van der Waals surface area contributed by atoms with E-state index in [-0.39, 0.29) is 11.8 Å². The number of anilines is 2. The highest BCUT2D eigenvalue weighted by atomic mass is 35.5. The van der Waals surface area contributed by atoms with Crippen LogP contribution in [0.2, 0.25) is 5.02 Å². The fourth-order valence-electron chi connectivity index (χ4n) is 2.95. The summed E-state index contributed by atoms with van der Waals surface area (Å²) in [5, 5.41) is 3.72. The molecule has 1 aromatic rings. The fourth-order valence-corrected chi connectivity index (χ4v) is 3.14. The largest absolute Gasteiger partial charge is 0.384 e. The molecule has 3 rings (SSSR count). The molecule has 4 nitrogen and oxygen atoms in total. The SMILES string of the molecule is CCNc1cc(N2C(=O)C3=C(CCCC3)C2=O)ccc1Cl. The van der Waals surface area contributed by atoms with Gasteiger partial charge in [-0.3, -0.25) is 9.59 Å². The topological polar surface area (TPSA) is 49.4 Å². The molecule has 110 valence electrons. The Kier molecular flexibility index (Phi) is 3.72. The van der Waals surface area contributed by atoms with Crippen molar-refractivity contribution in [3.8, 4) is 0 Å². The number of carbonyl (C=O) groups excluding carboxylic acids is 2. The van der Waals surface area contributed by atoms with Gasteiger partial charge in [0.25, 0.3) is 11.8 Å². The first-order chi connectivity index (χ1) is 10.1. The van der Waals surface area contributed by atoms with Gasteiger partial charge in [0.05, 0.1) is 16.4 Å². The lowest BCUT2D eigenvalue weighted by Crippen LogP contribution is -2.31. The van der Waals surface area contributed by atoms with E-state index in [1.54, 1.807) is 18.2 Å². The van der Waals surface area contributed by atoms with Crippen molar-refractivity contribution in [2.24, 2.45) is 0 Å². The lowest BCUT2D eigenvalue weighted by molar-refractivity contribution is -0.120. The number of nitrogens with zero attached hydrogens (tertiary/aromatic N) is 1. The molecule has 0 aromatic heterocycles. The number of halogens is 1. The number of hydrogen-bond donors (Lipinski definition) is 1. The number of amides is 2. The predicted octanol–water partition coefficient (Wildman–Crippen LogP) is 3.52. The molecule has 2 amide bonds. The lowest BCUT2D eigenvalue weighted by atomic mass is 9.93. The highest BCUT2D eigenvalue weighted by Crippen LogP contribution is 2.37. The van der Waals surface area contributed by atoms with Gasteiger partial charge in [0.2, 0.25) is 0 Å². The van der Waals surface area contributed by atoms with Gasteiger partial charge in [-0.15, -0.1) is 0 Å². The Labute approximate surface area is 128 Å². The van der Waals surface area contributed by atoms with Crippen molar-refractivity contribution in [3.63, 3.8) is 0 Å². The van der Waals surface area contributed by atoms with Crippen LogP contribution in [0.25, 0.3) is 0 Å². The molecule has 21 heavy (non-hydrogen) atoms. The van der Waals surface area contributed by atoms with Crippen LogP contribution in [0.1, 0.15) is 32.6 Å². The van der Waals surface area contributed by atoms with Crippen molar-refractivity contribution in [3.05, 3.63) is 34.4 Å². The van der Waals surface area contributed by atoms with Gasteiger partial charge in [-0.1, -0.05) is 11.6 Å². The molecule has 0 unspecified atom stereocenters. The summed E-state index contributed by atoms with van der Waals surface area (Å²) < 4.78 is 0. The summed E-state index contributed by atoms with van der Waals surface area (Å²) >= 11 is 6.12. The van der Waals surface area contributed by atoms with E-state index in [1.807, 2.05) is 6.92 Å². The number of hydrogen-bond acceptors (Lipinski definition) is 3. The average molecular weight is 305 g/mol. The molecule has 0 saturated heterocycles. The number of rotatable bonds is 3. The second-order valence-electron chi connectivity index (χ2n) is 5.30. The standard InChI is InChI=1S/C16H17ClN2O2/c1-2-18-14-9-10(7-8-13(14)17)19-15(20)11-5-3-4-6-12(11)16(19)21/h7-9,18H,2-6H2,1H3. The van der Waals surface area contributed by atoms with Crippen molar-refractivity contribution in [2.75, 3.05) is 16.8 Å². The predicted molar refractivity (Wildman–Crippen MR) is 83.6 cm³/mol. The highest BCUT2D eigenvalue weighted by Gasteiger charge is 2.39. The van der Waals surface area contributed by atoms with Gasteiger partial charge < -0.3 is 5.32 Å². The van der Waals surface area contributed by atoms with Crippen molar-refractivity contribution in [1.82, 2.24) is 0 Å². The molecule has 5 heteroatoms. The van der Waals surface area contributed by atoms with Crippen molar-refractivity contribution >= 4 is 34.8 Å². The molecular formula is C16H17ClN2O2. The molecule has 0 radical (unpaired) electrons. The molecule has 0 atom stereocenters. The summed E-state index contributed by atoms with van der Waals surface area (Å²) in [5.41, 5.74) is 2.72. The van der Waals surface area contributed by atoms with E-state index in [4.69, 9.17) is 11.6 Å². The van der Waals surface area contributed by atoms with Crippen LogP contribution in [0.3, 0.4) is 0 Å². The third-order valence-corrected chi connectivity index (χ3v) is 4.30. The van der Waals surface area contributed by atoms with Crippen LogP contribution in [0.4, 0.5) is 11.4 Å². The van der Waals surface area contributed by atoms with Gasteiger partial charge in [-0.05, 0) is 50.8 Å². The Hall–Kier alpha value is -1.81. The second-order valence-corrected chi connectivity index (χ2v) is 5.71. The molecule has 2 aliphatic rings. The van der Waals surface area contributed by atoms with Crippen molar-refractivity contribution in [2.45, 2.75) is 32.6 Å². The first-order valence-corrected chi connectivity index (χ1v) is 7.65. The summed E-state index contributed by atoms with van der Waals surface area (Å²) in [5.74, 6) is -0.334. The molecule has 1 N–H and O–H groups in total. The van der Waals surface area contributed by atoms with Crippen LogP contribution in [-0.2, 0) is 9.59 Å². The van der Waals surface area contributed by atoms with Crippen LogP contribution < -0.4 is 10.2 Å². The van der Waals surface area contributed by atoms with Crippen LogP contribution in [0, 0.1) is 0 Å². The third kappa shape index (κ3) is 2.33. The summed E-state index contributed by atoms with van der Waals surface area (Å²) in [6.07, 6.45) is 3.39. The van der Waals surface area contributed by atoms with Gasteiger partial charge in [0.15, 0.2) is 0 Å². The van der Waals surface area contributed by atoms with E-state index in [1.165, 1.54) is 4.90 Å². The van der Waals surface area contributed by atoms with E-state index in [0.29, 0.717) is 34.7 Å². The molecule has 0 saturated carbocycles. The molecule has 0 spiro atoms. The minimum absolute atomic E-state index is 0.167. The maximum absolute atomic E-state index is 12.5. The highest BCUT2D eigenvalue weighted by molar-refractivity contribution is 6.35. The Morgan fingerprint density at radius 3 is 2.33 bits per heavy atom. The normalized spacial score (nSPS) is 18.3. The average Bonchev–Trinajstić information content (AvgIpc) is 2.74.